The molecule has 0 radical (unpaired) electrons. The Morgan fingerprint density at radius 1 is 1.19 bits per heavy atom. The van der Waals surface area contributed by atoms with Crippen LogP contribution in [0.15, 0.2) is 0 Å². The van der Waals surface area contributed by atoms with Gasteiger partial charge >= 0.3 is 0 Å². The highest BCUT2D eigenvalue weighted by molar-refractivity contribution is 7.80. The third-order valence-electron chi connectivity index (χ3n) is 5.34. The minimum atomic E-state index is 0.201. The van der Waals surface area contributed by atoms with E-state index in [1.165, 1.54) is 51.6 Å². The number of rotatable bonds is 6. The monoisotopic (exact) mass is 311 g/mol. The zero-order valence-electron chi connectivity index (χ0n) is 13.3. The van der Waals surface area contributed by atoms with Crippen molar-refractivity contribution >= 4 is 23.1 Å². The van der Waals surface area contributed by atoms with Crippen LogP contribution in [0.5, 0.6) is 0 Å². The fourth-order valence-electron chi connectivity index (χ4n) is 3.72. The van der Waals surface area contributed by atoms with Gasteiger partial charge in [-0.25, -0.2) is 0 Å². The van der Waals surface area contributed by atoms with E-state index in [4.69, 9.17) is 18.0 Å². The van der Waals surface area contributed by atoms with E-state index in [1.54, 1.807) is 4.90 Å². The lowest BCUT2D eigenvalue weighted by atomic mass is 9.77. The van der Waals surface area contributed by atoms with E-state index in [9.17, 15) is 4.79 Å². The number of hydrogen-bond acceptors (Lipinski definition) is 3. The van der Waals surface area contributed by atoms with Crippen molar-refractivity contribution in [3.63, 3.8) is 0 Å². The van der Waals surface area contributed by atoms with Crippen LogP contribution in [0.3, 0.4) is 0 Å². The lowest BCUT2D eigenvalue weighted by Crippen LogP contribution is -2.41. The number of thiocarbonyl (C=S) groups is 1. The fraction of sp³-hybridized carbons (Fsp3) is 0.875. The molecule has 0 atom stereocenters. The molecule has 2 rings (SSSR count). The summed E-state index contributed by atoms with van der Waals surface area (Å²) in [5.41, 5.74) is 6.13. The van der Waals surface area contributed by atoms with Crippen LogP contribution in [-0.2, 0) is 4.79 Å². The summed E-state index contributed by atoms with van der Waals surface area (Å²) in [6.07, 6.45) is 9.60. The van der Waals surface area contributed by atoms with Gasteiger partial charge < -0.3 is 15.5 Å². The number of amides is 1. The number of carbonyl (C=O) groups is 1. The van der Waals surface area contributed by atoms with Crippen molar-refractivity contribution in [2.24, 2.45) is 11.1 Å². The average molecular weight is 311 g/mol. The van der Waals surface area contributed by atoms with Crippen LogP contribution in [0, 0.1) is 5.41 Å². The summed E-state index contributed by atoms with van der Waals surface area (Å²) in [6, 6.07) is 0. The lowest BCUT2D eigenvalue weighted by Gasteiger charge is -2.39. The van der Waals surface area contributed by atoms with E-state index in [0.29, 0.717) is 29.8 Å². The summed E-state index contributed by atoms with van der Waals surface area (Å²) < 4.78 is 0. The molecule has 0 aromatic rings. The van der Waals surface area contributed by atoms with Crippen LogP contribution in [0.1, 0.15) is 51.4 Å². The summed E-state index contributed by atoms with van der Waals surface area (Å²) in [6.45, 7) is 3.87. The summed E-state index contributed by atoms with van der Waals surface area (Å²) in [4.78, 5) is 16.8. The normalized spacial score (nSPS) is 21.6. The van der Waals surface area contributed by atoms with E-state index in [2.05, 4.69) is 4.90 Å². The first kappa shape index (κ1) is 16.7. The molecule has 2 N–H and O–H groups in total. The van der Waals surface area contributed by atoms with Crippen molar-refractivity contribution in [2.45, 2.75) is 51.4 Å². The van der Waals surface area contributed by atoms with Gasteiger partial charge in [0.25, 0.3) is 0 Å². The molecule has 1 aliphatic heterocycles. The quantitative estimate of drug-likeness (QED) is 0.764. The van der Waals surface area contributed by atoms with E-state index in [-0.39, 0.29) is 5.91 Å². The van der Waals surface area contributed by atoms with Gasteiger partial charge in [-0.2, -0.15) is 0 Å². The maximum absolute atomic E-state index is 12.1. The number of likely N-dealkylation sites (tertiary alicyclic amines) is 1. The molecule has 2 fully saturated rings. The first-order valence-electron chi connectivity index (χ1n) is 8.25. The number of nitrogens with zero attached hydrogens (tertiary/aromatic N) is 2. The van der Waals surface area contributed by atoms with Crippen LogP contribution in [0.2, 0.25) is 0 Å². The molecule has 120 valence electrons. The van der Waals surface area contributed by atoms with Gasteiger partial charge in [-0.3, -0.25) is 4.79 Å². The predicted octanol–water partition coefficient (Wildman–Crippen LogP) is 2.17. The molecule has 1 saturated heterocycles. The molecule has 1 aliphatic carbocycles. The number of hydrogen-bond donors (Lipinski definition) is 1. The number of piperidine rings is 1. The molecule has 1 amide bonds. The molecule has 2 aliphatic rings. The molecule has 5 heteroatoms. The maximum Gasteiger partial charge on any atom is 0.223 e. The van der Waals surface area contributed by atoms with Crippen molar-refractivity contribution in [3.8, 4) is 0 Å². The Hall–Kier alpha value is -0.680. The minimum absolute atomic E-state index is 0.201. The molecule has 0 aromatic heterocycles. The smallest absolute Gasteiger partial charge is 0.223 e. The number of nitrogens with two attached hydrogens (primary N) is 1. The van der Waals surface area contributed by atoms with Crippen LogP contribution < -0.4 is 5.73 Å². The average Bonchev–Trinajstić information content (AvgIpc) is 2.92. The second kappa shape index (κ2) is 7.54. The maximum atomic E-state index is 12.1. The van der Waals surface area contributed by atoms with Gasteiger partial charge in [-0.1, -0.05) is 25.1 Å². The highest BCUT2D eigenvalue weighted by atomic mass is 32.1. The van der Waals surface area contributed by atoms with Gasteiger partial charge in [0, 0.05) is 33.0 Å². The molecule has 1 heterocycles. The molecule has 0 bridgehead atoms. The molecule has 4 nitrogen and oxygen atoms in total. The van der Waals surface area contributed by atoms with Crippen molar-refractivity contribution in [1.29, 1.82) is 0 Å². The van der Waals surface area contributed by atoms with E-state index in [0.717, 1.165) is 6.54 Å². The Labute approximate surface area is 134 Å². The molecule has 0 aromatic carbocycles. The second-order valence-corrected chi connectivity index (χ2v) is 7.35. The van der Waals surface area contributed by atoms with Crippen molar-refractivity contribution in [2.75, 3.05) is 33.2 Å². The minimum Gasteiger partial charge on any atom is -0.393 e. The highest BCUT2D eigenvalue weighted by Gasteiger charge is 2.36. The van der Waals surface area contributed by atoms with Crippen LogP contribution in [-0.4, -0.2) is 53.9 Å². The third kappa shape index (κ3) is 4.92. The Morgan fingerprint density at radius 2 is 1.81 bits per heavy atom. The van der Waals surface area contributed by atoms with Crippen LogP contribution in [0.4, 0.5) is 0 Å². The van der Waals surface area contributed by atoms with Crippen molar-refractivity contribution in [1.82, 2.24) is 9.80 Å². The summed E-state index contributed by atoms with van der Waals surface area (Å²) in [5.74, 6) is 0.201. The third-order valence-corrected chi connectivity index (χ3v) is 5.55. The van der Waals surface area contributed by atoms with Crippen LogP contribution >= 0.6 is 12.2 Å². The Bertz CT molecular complexity index is 370. The summed E-state index contributed by atoms with van der Waals surface area (Å²) in [7, 11) is 1.84. The Morgan fingerprint density at radius 3 is 2.38 bits per heavy atom. The Kier molecular flexibility index (Phi) is 5.99. The van der Waals surface area contributed by atoms with Gasteiger partial charge in [0.2, 0.25) is 5.91 Å². The molecule has 0 unspecified atom stereocenters. The first-order chi connectivity index (χ1) is 10.0. The van der Waals surface area contributed by atoms with Gasteiger partial charge in [-0.05, 0) is 44.2 Å². The zero-order valence-corrected chi connectivity index (χ0v) is 14.1. The molecule has 21 heavy (non-hydrogen) atoms. The predicted molar refractivity (Wildman–Crippen MR) is 90.2 cm³/mol. The van der Waals surface area contributed by atoms with Gasteiger partial charge in [0.1, 0.15) is 0 Å². The van der Waals surface area contributed by atoms with E-state index < -0.39 is 0 Å². The second-order valence-electron chi connectivity index (χ2n) is 6.83. The largest absolute Gasteiger partial charge is 0.393 e. The molecule has 1 saturated carbocycles. The van der Waals surface area contributed by atoms with Crippen molar-refractivity contribution in [3.05, 3.63) is 0 Å². The standard InChI is InChI=1S/C16H29N3OS/c1-18(10-4-14(17)21)15(20)5-11-19-12-8-16(9-13-19)6-2-3-7-16/h2-13H2,1H3,(H2,17,21). The van der Waals surface area contributed by atoms with Gasteiger partial charge in [0.05, 0.1) is 4.99 Å². The van der Waals surface area contributed by atoms with Crippen LogP contribution in [0.25, 0.3) is 0 Å². The Balaban J connectivity index is 1.64. The topological polar surface area (TPSA) is 49.6 Å². The zero-order chi connectivity index (χ0) is 15.3. The first-order valence-corrected chi connectivity index (χ1v) is 8.66. The molecular weight excluding hydrogens is 282 g/mol. The van der Waals surface area contributed by atoms with Gasteiger partial charge in [0.15, 0.2) is 0 Å². The molecule has 1 spiro atoms. The van der Waals surface area contributed by atoms with Gasteiger partial charge in [-0.15, -0.1) is 0 Å². The molecular formula is C16H29N3OS. The summed E-state index contributed by atoms with van der Waals surface area (Å²) in [5, 5.41) is 0. The fourth-order valence-corrected chi connectivity index (χ4v) is 3.81. The highest BCUT2D eigenvalue weighted by Crippen LogP contribution is 2.46. The number of carbonyl (C=O) groups excluding carboxylic acids is 1. The van der Waals surface area contributed by atoms with E-state index >= 15 is 0 Å². The van der Waals surface area contributed by atoms with E-state index in [1.807, 2.05) is 7.05 Å². The van der Waals surface area contributed by atoms with Crippen molar-refractivity contribution < 1.29 is 4.79 Å². The summed E-state index contributed by atoms with van der Waals surface area (Å²) >= 11 is 4.85. The lowest BCUT2D eigenvalue weighted by molar-refractivity contribution is -0.130. The SMILES string of the molecule is CN(CCC(N)=S)C(=O)CCN1CCC2(CCCC2)CC1.